The van der Waals surface area contributed by atoms with Gasteiger partial charge >= 0.3 is 11.9 Å². The fourth-order valence-electron chi connectivity index (χ4n) is 2.62. The highest BCUT2D eigenvalue weighted by molar-refractivity contribution is 6.30. The summed E-state index contributed by atoms with van der Waals surface area (Å²) < 4.78 is 10.2. The van der Waals surface area contributed by atoms with Gasteiger partial charge in [-0.05, 0) is 37.3 Å². The minimum absolute atomic E-state index is 0.106. The van der Waals surface area contributed by atoms with Gasteiger partial charge in [0.2, 0.25) is 6.10 Å². The highest BCUT2D eigenvalue weighted by Gasteiger charge is 2.35. The lowest BCUT2D eigenvalue weighted by Crippen LogP contribution is -2.24. The van der Waals surface area contributed by atoms with Crippen molar-refractivity contribution >= 4 is 29.3 Å². The van der Waals surface area contributed by atoms with Crippen LogP contribution in [0.3, 0.4) is 0 Å². The fourth-order valence-corrected chi connectivity index (χ4v) is 2.75. The zero-order chi connectivity index (χ0) is 18.0. The number of carbonyl (C=O) groups is 3. The van der Waals surface area contributed by atoms with E-state index in [4.69, 9.17) is 21.1 Å². The lowest BCUT2D eigenvalue weighted by Gasteiger charge is -2.11. The second-order valence-corrected chi connectivity index (χ2v) is 6.20. The van der Waals surface area contributed by atoms with Gasteiger partial charge in [-0.3, -0.25) is 4.79 Å². The lowest BCUT2D eigenvalue weighted by molar-refractivity contribution is -0.147. The maximum Gasteiger partial charge on any atom is 0.347 e. The first kappa shape index (κ1) is 17.2. The van der Waals surface area contributed by atoms with Gasteiger partial charge in [0.1, 0.15) is 6.10 Å². The summed E-state index contributed by atoms with van der Waals surface area (Å²) in [5.41, 5.74) is 0.711. The molecule has 0 bridgehead atoms. The Labute approximate surface area is 149 Å². The summed E-state index contributed by atoms with van der Waals surface area (Å²) >= 11 is 5.84. The molecule has 25 heavy (non-hydrogen) atoms. The van der Waals surface area contributed by atoms with Crippen molar-refractivity contribution in [3.05, 3.63) is 70.2 Å². The van der Waals surface area contributed by atoms with Gasteiger partial charge < -0.3 is 9.47 Å². The third kappa shape index (κ3) is 3.72. The number of rotatable bonds is 4. The molecule has 6 heteroatoms. The van der Waals surface area contributed by atoms with Crippen LogP contribution in [0.5, 0.6) is 0 Å². The van der Waals surface area contributed by atoms with Crippen LogP contribution in [0.15, 0.2) is 48.5 Å². The van der Waals surface area contributed by atoms with Crippen molar-refractivity contribution in [1.82, 2.24) is 0 Å². The molecule has 128 valence electrons. The number of carbonyl (C=O) groups excluding carboxylic acids is 3. The van der Waals surface area contributed by atoms with Crippen LogP contribution >= 0.6 is 11.6 Å². The van der Waals surface area contributed by atoms with Crippen molar-refractivity contribution < 1.29 is 23.9 Å². The Bertz CT molecular complexity index is 828. The van der Waals surface area contributed by atoms with Crippen molar-refractivity contribution in [2.45, 2.75) is 25.6 Å². The third-order valence-electron chi connectivity index (χ3n) is 3.87. The molecular formula is C19H15ClO5. The van der Waals surface area contributed by atoms with Gasteiger partial charge in [-0.25, -0.2) is 9.59 Å². The highest BCUT2D eigenvalue weighted by Crippen LogP contribution is 2.22. The van der Waals surface area contributed by atoms with Gasteiger partial charge in [0.15, 0.2) is 5.78 Å². The van der Waals surface area contributed by atoms with Crippen molar-refractivity contribution in [2.24, 2.45) is 0 Å². The molecule has 2 aromatic carbocycles. The molecule has 0 spiro atoms. The van der Waals surface area contributed by atoms with Gasteiger partial charge in [0.25, 0.3) is 0 Å². The molecule has 1 aliphatic rings. The smallest absolute Gasteiger partial charge is 0.347 e. The van der Waals surface area contributed by atoms with Crippen LogP contribution in [0.2, 0.25) is 5.02 Å². The molecule has 1 aliphatic heterocycles. The zero-order valence-corrected chi connectivity index (χ0v) is 14.2. The molecule has 2 aromatic rings. The SMILES string of the molecule is C[C@H]1C[C@H](OC(=O)c2ccccc2C(=O)c2ccc(Cl)cc2)C(=O)O1. The largest absolute Gasteiger partial charge is 0.460 e. The summed E-state index contributed by atoms with van der Waals surface area (Å²) in [6.45, 7) is 1.73. The van der Waals surface area contributed by atoms with Gasteiger partial charge in [0, 0.05) is 22.6 Å². The van der Waals surface area contributed by atoms with Gasteiger partial charge in [-0.2, -0.15) is 0 Å². The van der Waals surface area contributed by atoms with Crippen LogP contribution in [0.25, 0.3) is 0 Å². The molecule has 0 aliphatic carbocycles. The standard InChI is InChI=1S/C19H15ClO5/c1-11-10-16(19(23)24-11)25-18(22)15-5-3-2-4-14(15)17(21)12-6-8-13(20)9-7-12/h2-9,11,16H,10H2,1H3/t11-,16-/m0/s1. The van der Waals surface area contributed by atoms with Crippen LogP contribution in [-0.4, -0.2) is 29.9 Å². The predicted molar refractivity (Wildman–Crippen MR) is 90.7 cm³/mol. The van der Waals surface area contributed by atoms with E-state index in [9.17, 15) is 14.4 Å². The van der Waals surface area contributed by atoms with E-state index in [2.05, 4.69) is 0 Å². The number of hydrogen-bond donors (Lipinski definition) is 0. The van der Waals surface area contributed by atoms with E-state index < -0.39 is 18.0 Å². The Balaban J connectivity index is 1.85. The van der Waals surface area contributed by atoms with E-state index in [0.29, 0.717) is 17.0 Å². The molecule has 0 unspecified atom stereocenters. The first-order valence-electron chi connectivity index (χ1n) is 7.76. The van der Waals surface area contributed by atoms with E-state index in [0.717, 1.165) is 0 Å². The maximum absolute atomic E-state index is 12.7. The van der Waals surface area contributed by atoms with Crippen LogP contribution in [0.4, 0.5) is 0 Å². The monoisotopic (exact) mass is 358 g/mol. The van der Waals surface area contributed by atoms with E-state index in [1.54, 1.807) is 49.4 Å². The average Bonchev–Trinajstić information content (AvgIpc) is 2.92. The van der Waals surface area contributed by atoms with E-state index in [1.807, 2.05) is 0 Å². The average molecular weight is 359 g/mol. The Kier molecular flexibility index (Phi) is 4.86. The van der Waals surface area contributed by atoms with Crippen LogP contribution in [0.1, 0.15) is 39.6 Å². The van der Waals surface area contributed by atoms with Crippen molar-refractivity contribution in [3.8, 4) is 0 Å². The summed E-state index contributed by atoms with van der Waals surface area (Å²) in [6, 6.07) is 12.7. The molecule has 1 heterocycles. The number of ketones is 1. The third-order valence-corrected chi connectivity index (χ3v) is 4.13. The molecule has 3 rings (SSSR count). The molecule has 0 aromatic heterocycles. The Morgan fingerprint density at radius 1 is 1.08 bits per heavy atom. The molecule has 5 nitrogen and oxygen atoms in total. The molecule has 2 atom stereocenters. The van der Waals surface area contributed by atoms with Crippen LogP contribution in [-0.2, 0) is 14.3 Å². The molecule has 1 fully saturated rings. The second kappa shape index (κ2) is 7.07. The van der Waals surface area contributed by atoms with Crippen molar-refractivity contribution in [3.63, 3.8) is 0 Å². The fraction of sp³-hybridized carbons (Fsp3) is 0.211. The summed E-state index contributed by atoms with van der Waals surface area (Å²) in [5, 5.41) is 0.512. The van der Waals surface area contributed by atoms with Crippen LogP contribution in [0, 0.1) is 0 Å². The molecule has 0 N–H and O–H groups in total. The molecule has 1 saturated heterocycles. The number of esters is 2. The second-order valence-electron chi connectivity index (χ2n) is 5.76. The Morgan fingerprint density at radius 2 is 1.72 bits per heavy atom. The Morgan fingerprint density at radius 3 is 2.32 bits per heavy atom. The van der Waals surface area contributed by atoms with Crippen LogP contribution < -0.4 is 0 Å². The van der Waals surface area contributed by atoms with Gasteiger partial charge in [-0.15, -0.1) is 0 Å². The van der Waals surface area contributed by atoms with Gasteiger partial charge in [0.05, 0.1) is 5.56 Å². The Hall–Kier alpha value is -2.66. The minimum atomic E-state index is -0.943. The molecule has 0 saturated carbocycles. The molecular weight excluding hydrogens is 344 g/mol. The van der Waals surface area contributed by atoms with E-state index >= 15 is 0 Å². The minimum Gasteiger partial charge on any atom is -0.460 e. The van der Waals surface area contributed by atoms with Gasteiger partial charge in [-0.1, -0.05) is 29.8 Å². The lowest BCUT2D eigenvalue weighted by atomic mass is 9.98. The summed E-state index contributed by atoms with van der Waals surface area (Å²) in [7, 11) is 0. The van der Waals surface area contributed by atoms with E-state index in [1.165, 1.54) is 6.07 Å². The first-order valence-corrected chi connectivity index (χ1v) is 8.14. The zero-order valence-electron chi connectivity index (χ0n) is 13.4. The number of ether oxygens (including phenoxy) is 2. The summed E-state index contributed by atoms with van der Waals surface area (Å²) in [6.07, 6.45) is -0.935. The highest BCUT2D eigenvalue weighted by atomic mass is 35.5. The molecule has 0 amide bonds. The number of cyclic esters (lactones) is 1. The number of halogens is 1. The predicted octanol–water partition coefficient (Wildman–Crippen LogP) is 3.43. The summed E-state index contributed by atoms with van der Waals surface area (Å²) in [4.78, 5) is 36.8. The maximum atomic E-state index is 12.7. The summed E-state index contributed by atoms with van der Waals surface area (Å²) in [5.74, 6) is -1.62. The molecule has 0 radical (unpaired) electrons. The first-order chi connectivity index (χ1) is 12.0. The number of benzene rings is 2. The van der Waals surface area contributed by atoms with Crippen molar-refractivity contribution in [1.29, 1.82) is 0 Å². The topological polar surface area (TPSA) is 69.7 Å². The van der Waals surface area contributed by atoms with E-state index in [-0.39, 0.29) is 23.0 Å². The van der Waals surface area contributed by atoms with Crippen molar-refractivity contribution in [2.75, 3.05) is 0 Å². The quantitative estimate of drug-likeness (QED) is 0.618. The normalized spacial score (nSPS) is 19.4. The number of hydrogen-bond acceptors (Lipinski definition) is 5.